The van der Waals surface area contributed by atoms with Crippen LogP contribution in [0, 0.1) is 0 Å². The van der Waals surface area contributed by atoms with Crippen LogP contribution in [0.4, 0.5) is 0 Å². The summed E-state index contributed by atoms with van der Waals surface area (Å²) in [6, 6.07) is 5.03. The Kier molecular flexibility index (Phi) is 3.27. The normalized spacial score (nSPS) is 13.5. The third-order valence-corrected chi connectivity index (χ3v) is 2.68. The first kappa shape index (κ1) is 12.6. The summed E-state index contributed by atoms with van der Waals surface area (Å²) in [5.41, 5.74) is 1.47. The van der Waals surface area contributed by atoms with E-state index >= 15 is 0 Å². The van der Waals surface area contributed by atoms with E-state index in [0.29, 0.717) is 5.56 Å². The first-order chi connectivity index (χ1) is 7.21. The van der Waals surface area contributed by atoms with Gasteiger partial charge in [0.15, 0.2) is 0 Å². The zero-order chi connectivity index (χ0) is 12.5. The van der Waals surface area contributed by atoms with E-state index in [0.717, 1.165) is 5.56 Å². The molecule has 1 aromatic rings. The smallest absolute Gasteiger partial charge is 0.310 e. The lowest BCUT2D eigenvalue weighted by Crippen LogP contribution is -2.13. The van der Waals surface area contributed by atoms with Gasteiger partial charge in [-0.25, -0.2) is 0 Å². The predicted molar refractivity (Wildman–Crippen MR) is 62.9 cm³/mol. The lowest BCUT2D eigenvalue weighted by molar-refractivity contribution is -0.138. The van der Waals surface area contributed by atoms with Gasteiger partial charge in [0.25, 0.3) is 0 Å². The molecule has 1 rings (SSSR count). The Morgan fingerprint density at radius 2 is 1.81 bits per heavy atom. The molecule has 0 spiro atoms. The summed E-state index contributed by atoms with van der Waals surface area (Å²) in [5.74, 6) is -1.37. The Morgan fingerprint density at radius 1 is 1.25 bits per heavy atom. The Hall–Kier alpha value is -1.51. The number of aromatic hydroxyl groups is 1. The maximum Gasteiger partial charge on any atom is 0.310 e. The van der Waals surface area contributed by atoms with Crippen LogP contribution in [0.25, 0.3) is 0 Å². The highest BCUT2D eigenvalue weighted by Gasteiger charge is 2.19. The van der Waals surface area contributed by atoms with Gasteiger partial charge in [0.05, 0.1) is 5.92 Å². The van der Waals surface area contributed by atoms with Gasteiger partial charge in [0.2, 0.25) is 0 Å². The highest BCUT2D eigenvalue weighted by atomic mass is 16.4. The van der Waals surface area contributed by atoms with E-state index in [4.69, 9.17) is 5.11 Å². The molecule has 3 heteroatoms. The van der Waals surface area contributed by atoms with Crippen LogP contribution in [0.3, 0.4) is 0 Å². The van der Waals surface area contributed by atoms with Crippen molar-refractivity contribution >= 4 is 5.97 Å². The molecule has 0 aliphatic rings. The molecular formula is C13H18O3. The molecule has 0 bridgehead atoms. The molecule has 1 unspecified atom stereocenters. The minimum absolute atomic E-state index is 0.105. The molecule has 1 atom stereocenters. The molecule has 0 aliphatic carbocycles. The largest absolute Gasteiger partial charge is 0.508 e. The van der Waals surface area contributed by atoms with Gasteiger partial charge in [0, 0.05) is 0 Å². The van der Waals surface area contributed by atoms with E-state index in [-0.39, 0.29) is 11.2 Å². The fourth-order valence-electron chi connectivity index (χ4n) is 1.46. The predicted octanol–water partition coefficient (Wildman–Crippen LogP) is 2.88. The van der Waals surface area contributed by atoms with Gasteiger partial charge in [-0.05, 0) is 35.6 Å². The van der Waals surface area contributed by atoms with Gasteiger partial charge in [-0.1, -0.05) is 26.8 Å². The lowest BCUT2D eigenvalue weighted by Gasteiger charge is -2.21. The number of carbonyl (C=O) groups is 1. The third kappa shape index (κ3) is 2.75. The second-order valence-corrected chi connectivity index (χ2v) is 5.12. The molecule has 2 N–H and O–H groups in total. The molecule has 16 heavy (non-hydrogen) atoms. The van der Waals surface area contributed by atoms with Crippen LogP contribution in [0.1, 0.15) is 44.7 Å². The van der Waals surface area contributed by atoms with Crippen LogP contribution in [0.5, 0.6) is 5.75 Å². The van der Waals surface area contributed by atoms with E-state index in [2.05, 4.69) is 0 Å². The summed E-state index contributed by atoms with van der Waals surface area (Å²) < 4.78 is 0. The first-order valence-electron chi connectivity index (χ1n) is 5.29. The van der Waals surface area contributed by atoms with E-state index < -0.39 is 11.9 Å². The number of rotatable bonds is 2. The summed E-state index contributed by atoms with van der Waals surface area (Å²) in [5, 5.41) is 18.5. The molecule has 0 heterocycles. The van der Waals surface area contributed by atoms with Gasteiger partial charge < -0.3 is 10.2 Å². The molecular weight excluding hydrogens is 204 g/mol. The van der Waals surface area contributed by atoms with Crippen LogP contribution in [-0.2, 0) is 10.2 Å². The molecule has 0 fully saturated rings. The maximum atomic E-state index is 10.9. The number of hydrogen-bond donors (Lipinski definition) is 2. The maximum absolute atomic E-state index is 10.9. The van der Waals surface area contributed by atoms with E-state index in [9.17, 15) is 9.90 Å². The van der Waals surface area contributed by atoms with Crippen molar-refractivity contribution in [3.63, 3.8) is 0 Å². The topological polar surface area (TPSA) is 57.5 Å². The summed E-state index contributed by atoms with van der Waals surface area (Å²) in [6.07, 6.45) is 0. The van der Waals surface area contributed by atoms with Crippen LogP contribution in [-0.4, -0.2) is 16.2 Å². The SMILES string of the molecule is CC(C(=O)O)c1cc(O)cc(C(C)(C)C)c1. The standard InChI is InChI=1S/C13H18O3/c1-8(12(15)16)9-5-10(13(2,3)4)7-11(14)6-9/h5-8,14H,1-4H3,(H,15,16). The fraction of sp³-hybridized carbons (Fsp3) is 0.462. The number of carboxylic acid groups (broad SMARTS) is 1. The summed E-state index contributed by atoms with van der Waals surface area (Å²) >= 11 is 0. The van der Waals surface area contributed by atoms with Crippen LogP contribution >= 0.6 is 0 Å². The van der Waals surface area contributed by atoms with Crippen LogP contribution in [0.15, 0.2) is 18.2 Å². The molecule has 0 radical (unpaired) electrons. The minimum atomic E-state index is -0.884. The lowest BCUT2D eigenvalue weighted by atomic mass is 9.84. The molecule has 0 saturated carbocycles. The van der Waals surface area contributed by atoms with Crippen LogP contribution in [0.2, 0.25) is 0 Å². The van der Waals surface area contributed by atoms with Gasteiger partial charge in [-0.15, -0.1) is 0 Å². The van der Waals surface area contributed by atoms with Crippen molar-refractivity contribution in [3.8, 4) is 5.75 Å². The van der Waals surface area contributed by atoms with Crippen molar-refractivity contribution < 1.29 is 15.0 Å². The van der Waals surface area contributed by atoms with E-state index in [1.165, 1.54) is 6.07 Å². The molecule has 0 amide bonds. The second kappa shape index (κ2) is 4.16. The summed E-state index contributed by atoms with van der Waals surface area (Å²) in [7, 11) is 0. The minimum Gasteiger partial charge on any atom is -0.508 e. The van der Waals surface area contributed by atoms with Gasteiger partial charge >= 0.3 is 5.97 Å². The number of aliphatic carboxylic acids is 1. The van der Waals surface area contributed by atoms with E-state index in [1.54, 1.807) is 13.0 Å². The number of benzene rings is 1. The van der Waals surface area contributed by atoms with Crippen molar-refractivity contribution in [1.29, 1.82) is 0 Å². The number of carboxylic acids is 1. The number of phenolic OH excluding ortho intramolecular Hbond substituents is 1. The first-order valence-corrected chi connectivity index (χ1v) is 5.29. The van der Waals surface area contributed by atoms with Crippen molar-refractivity contribution in [2.45, 2.75) is 39.0 Å². The molecule has 88 valence electrons. The molecule has 0 aromatic heterocycles. The summed E-state index contributed by atoms with van der Waals surface area (Å²) in [6.45, 7) is 7.69. The molecule has 3 nitrogen and oxygen atoms in total. The average molecular weight is 222 g/mol. The van der Waals surface area contributed by atoms with E-state index in [1.807, 2.05) is 26.8 Å². The monoisotopic (exact) mass is 222 g/mol. The van der Waals surface area contributed by atoms with Crippen LogP contribution < -0.4 is 0 Å². The van der Waals surface area contributed by atoms with Crippen molar-refractivity contribution in [2.75, 3.05) is 0 Å². The summed E-state index contributed by atoms with van der Waals surface area (Å²) in [4.78, 5) is 10.9. The van der Waals surface area contributed by atoms with Crippen molar-refractivity contribution in [2.24, 2.45) is 0 Å². The Morgan fingerprint density at radius 3 is 2.25 bits per heavy atom. The Bertz CT molecular complexity index is 402. The van der Waals surface area contributed by atoms with Gasteiger partial charge in [0.1, 0.15) is 5.75 Å². The zero-order valence-electron chi connectivity index (χ0n) is 10.1. The Balaban J connectivity index is 3.23. The van der Waals surface area contributed by atoms with Gasteiger partial charge in [-0.3, -0.25) is 4.79 Å². The molecule has 1 aromatic carbocycles. The second-order valence-electron chi connectivity index (χ2n) is 5.12. The quantitative estimate of drug-likeness (QED) is 0.809. The van der Waals surface area contributed by atoms with Gasteiger partial charge in [-0.2, -0.15) is 0 Å². The Labute approximate surface area is 95.7 Å². The highest BCUT2D eigenvalue weighted by molar-refractivity contribution is 5.75. The number of phenols is 1. The third-order valence-electron chi connectivity index (χ3n) is 2.68. The molecule has 0 aliphatic heterocycles. The zero-order valence-corrected chi connectivity index (χ0v) is 10.1. The molecule has 0 saturated heterocycles. The fourth-order valence-corrected chi connectivity index (χ4v) is 1.46. The van der Waals surface area contributed by atoms with Crippen molar-refractivity contribution in [1.82, 2.24) is 0 Å². The highest BCUT2D eigenvalue weighted by Crippen LogP contribution is 2.29. The average Bonchev–Trinajstić information content (AvgIpc) is 2.14. The van der Waals surface area contributed by atoms with Crippen molar-refractivity contribution in [3.05, 3.63) is 29.3 Å². The number of hydrogen-bond acceptors (Lipinski definition) is 2.